The zero-order valence-electron chi connectivity index (χ0n) is 6.27. The van der Waals surface area contributed by atoms with Crippen molar-refractivity contribution in [2.24, 2.45) is 0 Å². The number of hydrogen-bond donors (Lipinski definition) is 0. The molecule has 12 heavy (non-hydrogen) atoms. The molecule has 0 bridgehead atoms. The fourth-order valence-electron chi connectivity index (χ4n) is 0.760. The Bertz CT molecular complexity index is 302. The minimum atomic E-state index is -1.44. The summed E-state index contributed by atoms with van der Waals surface area (Å²) >= 11 is 0. The Labute approximate surface area is 68.1 Å². The summed E-state index contributed by atoms with van der Waals surface area (Å²) in [5, 5.41) is 10.4. The van der Waals surface area contributed by atoms with E-state index in [9.17, 15) is 14.7 Å². The molecule has 1 aromatic rings. The number of rotatable bonds is 2. The number of carbonyl (C=O) groups excluding carboxylic acids is 2. The second-order valence-corrected chi connectivity index (χ2v) is 2.13. The molecule has 0 aliphatic heterocycles. The van der Waals surface area contributed by atoms with E-state index < -0.39 is 11.8 Å². The van der Waals surface area contributed by atoms with E-state index in [2.05, 4.69) is 9.97 Å². The second kappa shape index (κ2) is 3.08. The first-order valence-electron chi connectivity index (χ1n) is 3.15. The average Bonchev–Trinajstić information content (AvgIpc) is 2.04. The van der Waals surface area contributed by atoms with Crippen LogP contribution in [0.4, 0.5) is 0 Å². The van der Waals surface area contributed by atoms with Crippen molar-refractivity contribution in [1.82, 2.24) is 9.97 Å². The van der Waals surface area contributed by atoms with Gasteiger partial charge in [-0.15, -0.1) is 0 Å². The Morgan fingerprint density at radius 2 is 2.17 bits per heavy atom. The lowest BCUT2D eigenvalue weighted by atomic mass is 10.2. The van der Waals surface area contributed by atoms with Gasteiger partial charge in [-0.1, -0.05) is 0 Å². The molecule has 0 aliphatic rings. The molecular weight excluding hydrogens is 160 g/mol. The van der Waals surface area contributed by atoms with Gasteiger partial charge in [-0.05, 0) is 0 Å². The highest BCUT2D eigenvalue weighted by molar-refractivity contribution is 6.02. The highest BCUT2D eigenvalue weighted by Gasteiger charge is 2.08. The first kappa shape index (κ1) is 8.32. The number of hydrogen-bond acceptors (Lipinski definition) is 5. The minimum Gasteiger partial charge on any atom is -0.545 e. The predicted octanol–water partition coefficient (Wildman–Crippen LogP) is -0.957. The van der Waals surface area contributed by atoms with Crippen molar-refractivity contribution in [1.29, 1.82) is 0 Å². The Kier molecular flexibility index (Phi) is 2.14. The summed E-state index contributed by atoms with van der Waals surface area (Å²) in [7, 11) is 0. The lowest BCUT2D eigenvalue weighted by Gasteiger charge is -2.03. The van der Waals surface area contributed by atoms with Crippen molar-refractivity contribution in [2.45, 2.75) is 6.92 Å². The smallest absolute Gasteiger partial charge is 0.178 e. The maximum absolute atomic E-state index is 10.8. The zero-order chi connectivity index (χ0) is 9.14. The highest BCUT2D eigenvalue weighted by atomic mass is 16.4. The molecule has 0 N–H and O–H groups in total. The van der Waals surface area contributed by atoms with E-state index in [0.717, 1.165) is 12.5 Å². The number of Topliss-reactive ketones (excluding diaryl/α,β-unsaturated/α-hetero) is 1. The Hall–Kier alpha value is -1.78. The van der Waals surface area contributed by atoms with Gasteiger partial charge in [-0.25, -0.2) is 9.97 Å². The van der Waals surface area contributed by atoms with Crippen LogP contribution < -0.4 is 5.11 Å². The summed E-state index contributed by atoms with van der Waals surface area (Å²) in [5.74, 6) is -1.86. The molecule has 0 spiro atoms. The molecule has 1 heterocycles. The number of aromatic carboxylic acids is 1. The molecular formula is C7H5N2O3-. The topological polar surface area (TPSA) is 83.0 Å². The van der Waals surface area contributed by atoms with Crippen LogP contribution in [0.15, 0.2) is 12.5 Å². The van der Waals surface area contributed by atoms with Crippen LogP contribution in [0.2, 0.25) is 0 Å². The van der Waals surface area contributed by atoms with Crippen LogP contribution in [0.25, 0.3) is 0 Å². The summed E-state index contributed by atoms with van der Waals surface area (Å²) in [6, 6.07) is 0. The van der Waals surface area contributed by atoms with Gasteiger partial charge in [0.25, 0.3) is 0 Å². The van der Waals surface area contributed by atoms with Crippen LogP contribution in [-0.2, 0) is 0 Å². The lowest BCUT2D eigenvalue weighted by molar-refractivity contribution is -0.255. The van der Waals surface area contributed by atoms with Crippen molar-refractivity contribution in [2.75, 3.05) is 0 Å². The molecule has 0 unspecified atom stereocenters. The van der Waals surface area contributed by atoms with Gasteiger partial charge in [0.05, 0.1) is 5.97 Å². The molecule has 5 nitrogen and oxygen atoms in total. The third-order valence-electron chi connectivity index (χ3n) is 1.27. The standard InChI is InChI=1S/C7H6N2O3/c1-4(10)6-5(7(11)12)2-8-3-9-6/h2-3H,1H3,(H,11,12)/p-1. The number of carbonyl (C=O) groups is 2. The fraction of sp³-hybridized carbons (Fsp3) is 0.143. The van der Waals surface area contributed by atoms with Crippen molar-refractivity contribution in [3.63, 3.8) is 0 Å². The predicted molar refractivity (Wildman–Crippen MR) is 36.4 cm³/mol. The minimum absolute atomic E-state index is 0.120. The van der Waals surface area contributed by atoms with Gasteiger partial charge in [0.2, 0.25) is 0 Å². The summed E-state index contributed by atoms with van der Waals surface area (Å²) in [6.45, 7) is 1.23. The Morgan fingerprint density at radius 3 is 2.58 bits per heavy atom. The average molecular weight is 165 g/mol. The van der Waals surface area contributed by atoms with Gasteiger partial charge in [-0.3, -0.25) is 4.79 Å². The van der Waals surface area contributed by atoms with Crippen molar-refractivity contribution in [3.8, 4) is 0 Å². The summed E-state index contributed by atoms with van der Waals surface area (Å²) in [4.78, 5) is 28.2. The maximum Gasteiger partial charge on any atom is 0.178 e. The monoisotopic (exact) mass is 165 g/mol. The van der Waals surface area contributed by atoms with E-state index in [4.69, 9.17) is 0 Å². The molecule has 1 aromatic heterocycles. The van der Waals surface area contributed by atoms with E-state index in [0.29, 0.717) is 0 Å². The zero-order valence-corrected chi connectivity index (χ0v) is 6.27. The summed E-state index contributed by atoms with van der Waals surface area (Å²) < 4.78 is 0. The van der Waals surface area contributed by atoms with Gasteiger partial charge in [0.15, 0.2) is 5.78 Å². The van der Waals surface area contributed by atoms with Crippen LogP contribution in [0.5, 0.6) is 0 Å². The molecule has 0 atom stereocenters. The fourth-order valence-corrected chi connectivity index (χ4v) is 0.760. The van der Waals surface area contributed by atoms with Crippen molar-refractivity contribution in [3.05, 3.63) is 23.8 Å². The number of carboxylic acids is 1. The lowest BCUT2D eigenvalue weighted by Crippen LogP contribution is -2.25. The number of ketones is 1. The first-order valence-corrected chi connectivity index (χ1v) is 3.15. The molecule has 0 saturated heterocycles. The van der Waals surface area contributed by atoms with Gasteiger partial charge in [0.1, 0.15) is 12.0 Å². The van der Waals surface area contributed by atoms with E-state index in [1.165, 1.54) is 6.92 Å². The molecule has 5 heteroatoms. The van der Waals surface area contributed by atoms with Crippen molar-refractivity contribution >= 4 is 11.8 Å². The van der Waals surface area contributed by atoms with E-state index in [-0.39, 0.29) is 11.3 Å². The van der Waals surface area contributed by atoms with Crippen LogP contribution in [0.1, 0.15) is 27.8 Å². The van der Waals surface area contributed by atoms with Gasteiger partial charge >= 0.3 is 0 Å². The molecule has 0 fully saturated rings. The molecule has 0 saturated carbocycles. The SMILES string of the molecule is CC(=O)c1ncncc1C(=O)[O-]. The number of carboxylic acid groups (broad SMARTS) is 1. The van der Waals surface area contributed by atoms with Crippen molar-refractivity contribution < 1.29 is 14.7 Å². The highest BCUT2D eigenvalue weighted by Crippen LogP contribution is 2.02. The maximum atomic E-state index is 10.8. The second-order valence-electron chi connectivity index (χ2n) is 2.13. The molecule has 0 radical (unpaired) electrons. The third-order valence-corrected chi connectivity index (χ3v) is 1.27. The van der Waals surface area contributed by atoms with Crippen LogP contribution in [0, 0.1) is 0 Å². The quantitative estimate of drug-likeness (QED) is 0.527. The summed E-state index contributed by atoms with van der Waals surface area (Å²) in [6.07, 6.45) is 2.16. The first-order chi connectivity index (χ1) is 5.63. The molecule has 1 rings (SSSR count). The largest absolute Gasteiger partial charge is 0.545 e. The third kappa shape index (κ3) is 1.45. The van der Waals surface area contributed by atoms with Crippen LogP contribution in [0.3, 0.4) is 0 Å². The van der Waals surface area contributed by atoms with Gasteiger partial charge in [0, 0.05) is 18.7 Å². The van der Waals surface area contributed by atoms with E-state index in [1.54, 1.807) is 0 Å². The Balaban J connectivity index is 3.27. The van der Waals surface area contributed by atoms with Crippen LogP contribution in [-0.4, -0.2) is 21.7 Å². The van der Waals surface area contributed by atoms with E-state index in [1.807, 2.05) is 0 Å². The number of aromatic nitrogens is 2. The van der Waals surface area contributed by atoms with E-state index >= 15 is 0 Å². The normalized spacial score (nSPS) is 9.42. The molecule has 62 valence electrons. The molecule has 0 aromatic carbocycles. The Morgan fingerprint density at radius 1 is 1.50 bits per heavy atom. The molecule has 0 aliphatic carbocycles. The summed E-state index contributed by atoms with van der Waals surface area (Å²) in [5.41, 5.74) is -0.394. The van der Waals surface area contributed by atoms with Crippen LogP contribution >= 0.6 is 0 Å². The van der Waals surface area contributed by atoms with Gasteiger partial charge < -0.3 is 9.90 Å². The molecule has 0 amide bonds. The number of nitrogens with zero attached hydrogens (tertiary/aromatic N) is 2. The van der Waals surface area contributed by atoms with Gasteiger partial charge in [-0.2, -0.15) is 0 Å².